The molecule has 24 heavy (non-hydrogen) atoms. The molecule has 1 aliphatic rings. The molecular formula is C15H12N6O3. The molecule has 2 aromatic heterocycles. The molecule has 3 rings (SSSR count). The van der Waals surface area contributed by atoms with E-state index in [1.165, 1.54) is 17.1 Å². The van der Waals surface area contributed by atoms with Crippen LogP contribution in [0.5, 0.6) is 0 Å². The second kappa shape index (κ2) is 5.85. The summed E-state index contributed by atoms with van der Waals surface area (Å²) in [5, 5.41) is 20.4. The third-order valence-electron chi connectivity index (χ3n) is 3.62. The van der Waals surface area contributed by atoms with Crippen LogP contribution in [0, 0.1) is 21.4 Å². The summed E-state index contributed by atoms with van der Waals surface area (Å²) in [7, 11) is 0. The minimum absolute atomic E-state index is 0.00205. The Hall–Kier alpha value is -3.67. The molecule has 2 aromatic rings. The first-order chi connectivity index (χ1) is 11.5. The van der Waals surface area contributed by atoms with Crippen LogP contribution in [0.4, 0.5) is 5.82 Å². The lowest BCUT2D eigenvalue weighted by Crippen LogP contribution is -2.21. The number of hydrogen-bond acceptors (Lipinski definition) is 7. The number of nitrogens with two attached hydrogens (primary N) is 1. The lowest BCUT2D eigenvalue weighted by atomic mass is 9.87. The molecule has 9 heteroatoms. The number of pyridine rings is 1. The van der Waals surface area contributed by atoms with E-state index in [9.17, 15) is 15.4 Å². The number of nitriles is 1. The number of nitro groups is 1. The average molecular weight is 324 g/mol. The minimum atomic E-state index is -0.593. The number of allylic oxidation sites excluding steroid dienone is 3. The van der Waals surface area contributed by atoms with Crippen molar-refractivity contribution in [2.24, 2.45) is 5.73 Å². The van der Waals surface area contributed by atoms with Crippen molar-refractivity contribution in [2.45, 2.75) is 12.8 Å². The maximum absolute atomic E-state index is 10.9. The minimum Gasteiger partial charge on any atom is -0.443 e. The largest absolute Gasteiger partial charge is 0.443 e. The zero-order valence-electron chi connectivity index (χ0n) is 12.6. The molecule has 3 heterocycles. The Labute approximate surface area is 136 Å². The highest BCUT2D eigenvalue weighted by molar-refractivity contribution is 5.67. The molecule has 0 unspecified atom stereocenters. The first kappa shape index (κ1) is 15.2. The second-order valence-corrected chi connectivity index (χ2v) is 5.05. The van der Waals surface area contributed by atoms with Crippen LogP contribution in [0.25, 0.3) is 5.70 Å². The van der Waals surface area contributed by atoms with E-state index in [1.54, 1.807) is 31.5 Å². The zero-order valence-corrected chi connectivity index (χ0v) is 12.6. The topological polar surface area (TPSA) is 133 Å². The van der Waals surface area contributed by atoms with Crippen molar-refractivity contribution < 1.29 is 9.66 Å². The number of ether oxygens (including phenoxy) is 1. The van der Waals surface area contributed by atoms with Gasteiger partial charge in [0.25, 0.3) is 0 Å². The lowest BCUT2D eigenvalue weighted by molar-refractivity contribution is -0.389. The molecular weight excluding hydrogens is 312 g/mol. The third kappa shape index (κ3) is 2.46. The SMILES string of the molecule is CC1=C(n2cnc([N+](=O)[O-])c2)[C@@H](c2cccnc2)C(C#N)=C(N)O1. The number of imidazole rings is 1. The van der Waals surface area contributed by atoms with E-state index in [4.69, 9.17) is 10.5 Å². The molecule has 0 radical (unpaired) electrons. The van der Waals surface area contributed by atoms with Crippen molar-refractivity contribution in [1.82, 2.24) is 14.5 Å². The maximum atomic E-state index is 10.9. The van der Waals surface area contributed by atoms with Crippen LogP contribution in [0.1, 0.15) is 18.4 Å². The van der Waals surface area contributed by atoms with Gasteiger partial charge in [0.05, 0.1) is 11.6 Å². The summed E-state index contributed by atoms with van der Waals surface area (Å²) < 4.78 is 6.92. The molecule has 9 nitrogen and oxygen atoms in total. The van der Waals surface area contributed by atoms with Gasteiger partial charge in [0, 0.05) is 12.4 Å². The summed E-state index contributed by atoms with van der Waals surface area (Å²) in [6.45, 7) is 1.67. The fraction of sp³-hybridized carbons (Fsp3) is 0.133. The Balaban J connectivity index is 2.19. The maximum Gasteiger partial charge on any atom is 0.381 e. The molecule has 0 saturated carbocycles. The Kier molecular flexibility index (Phi) is 3.71. The Morgan fingerprint density at radius 3 is 2.92 bits per heavy atom. The third-order valence-corrected chi connectivity index (χ3v) is 3.62. The fourth-order valence-corrected chi connectivity index (χ4v) is 2.61. The zero-order chi connectivity index (χ0) is 17.3. The predicted octanol–water partition coefficient (Wildman–Crippen LogP) is 1.88. The fourth-order valence-electron chi connectivity index (χ4n) is 2.61. The standard InChI is InChI=1S/C15H12N6O3/c1-9-14(20-7-12(19-8-20)21(22)23)13(10-3-2-4-18-6-10)11(5-16)15(17)24-9/h2-4,6-8,13H,17H2,1H3/t13-/m0/s1. The predicted molar refractivity (Wildman–Crippen MR) is 82.7 cm³/mol. The lowest BCUT2D eigenvalue weighted by Gasteiger charge is -2.27. The molecule has 2 N–H and O–H groups in total. The molecule has 0 amide bonds. The Morgan fingerprint density at radius 1 is 1.54 bits per heavy atom. The van der Waals surface area contributed by atoms with Crippen molar-refractivity contribution in [2.75, 3.05) is 0 Å². The summed E-state index contributed by atoms with van der Waals surface area (Å²) in [5.41, 5.74) is 7.29. The van der Waals surface area contributed by atoms with Gasteiger partial charge < -0.3 is 20.6 Å². The highest BCUT2D eigenvalue weighted by Gasteiger charge is 2.33. The van der Waals surface area contributed by atoms with Crippen molar-refractivity contribution in [3.05, 3.63) is 69.9 Å². The first-order valence-corrected chi connectivity index (χ1v) is 6.90. The number of hydrogen-bond donors (Lipinski definition) is 1. The van der Waals surface area contributed by atoms with E-state index in [2.05, 4.69) is 16.0 Å². The van der Waals surface area contributed by atoms with E-state index in [0.29, 0.717) is 17.0 Å². The van der Waals surface area contributed by atoms with Gasteiger partial charge in [-0.3, -0.25) is 9.55 Å². The van der Waals surface area contributed by atoms with Gasteiger partial charge in [0.1, 0.15) is 23.6 Å². The van der Waals surface area contributed by atoms with E-state index >= 15 is 0 Å². The van der Waals surface area contributed by atoms with E-state index in [-0.39, 0.29) is 17.3 Å². The van der Waals surface area contributed by atoms with Gasteiger partial charge in [-0.15, -0.1) is 0 Å². The Morgan fingerprint density at radius 2 is 2.33 bits per heavy atom. The average Bonchev–Trinajstić information content (AvgIpc) is 3.05. The molecule has 1 aliphatic heterocycles. The van der Waals surface area contributed by atoms with E-state index in [1.807, 2.05) is 0 Å². The molecule has 0 fully saturated rings. The summed E-state index contributed by atoms with van der Waals surface area (Å²) in [4.78, 5) is 18.1. The van der Waals surface area contributed by atoms with Gasteiger partial charge in [0.15, 0.2) is 0 Å². The summed E-state index contributed by atoms with van der Waals surface area (Å²) in [6, 6.07) is 5.59. The molecule has 1 atom stereocenters. The van der Waals surface area contributed by atoms with E-state index in [0.717, 1.165) is 0 Å². The quantitative estimate of drug-likeness (QED) is 0.673. The molecule has 0 aliphatic carbocycles. The molecule has 0 saturated heterocycles. The second-order valence-electron chi connectivity index (χ2n) is 5.05. The Bertz CT molecular complexity index is 907. The van der Waals surface area contributed by atoms with Crippen LogP contribution < -0.4 is 5.73 Å². The van der Waals surface area contributed by atoms with Crippen molar-refractivity contribution in [3.63, 3.8) is 0 Å². The number of aromatic nitrogens is 3. The van der Waals surface area contributed by atoms with Gasteiger partial charge in [-0.1, -0.05) is 6.07 Å². The number of rotatable bonds is 3. The smallest absolute Gasteiger partial charge is 0.381 e. The number of nitrogens with zero attached hydrogens (tertiary/aromatic N) is 5. The normalized spacial score (nSPS) is 17.4. The van der Waals surface area contributed by atoms with Crippen LogP contribution in [-0.4, -0.2) is 19.5 Å². The van der Waals surface area contributed by atoms with Crippen LogP contribution in [0.2, 0.25) is 0 Å². The van der Waals surface area contributed by atoms with Gasteiger partial charge in [0.2, 0.25) is 12.2 Å². The monoisotopic (exact) mass is 324 g/mol. The van der Waals surface area contributed by atoms with Crippen LogP contribution in [0.15, 0.2) is 54.3 Å². The molecule has 0 bridgehead atoms. The van der Waals surface area contributed by atoms with Gasteiger partial charge in [-0.25, -0.2) is 0 Å². The van der Waals surface area contributed by atoms with Crippen molar-refractivity contribution >= 4 is 11.5 Å². The van der Waals surface area contributed by atoms with Crippen molar-refractivity contribution in [3.8, 4) is 6.07 Å². The van der Waals surface area contributed by atoms with Gasteiger partial charge >= 0.3 is 5.82 Å². The van der Waals surface area contributed by atoms with Crippen LogP contribution in [-0.2, 0) is 4.74 Å². The van der Waals surface area contributed by atoms with Crippen molar-refractivity contribution in [1.29, 1.82) is 5.26 Å². The highest BCUT2D eigenvalue weighted by atomic mass is 16.6. The van der Waals surface area contributed by atoms with Gasteiger partial charge in [-0.05, 0) is 28.5 Å². The summed E-state index contributed by atoms with van der Waals surface area (Å²) in [6.07, 6.45) is 5.79. The van der Waals surface area contributed by atoms with E-state index < -0.39 is 10.8 Å². The molecule has 0 aromatic carbocycles. The highest BCUT2D eigenvalue weighted by Crippen LogP contribution is 2.41. The summed E-state index contributed by atoms with van der Waals surface area (Å²) in [5.74, 6) is -0.442. The molecule has 120 valence electrons. The van der Waals surface area contributed by atoms with Crippen LogP contribution >= 0.6 is 0 Å². The van der Waals surface area contributed by atoms with Gasteiger partial charge in [-0.2, -0.15) is 5.26 Å². The first-order valence-electron chi connectivity index (χ1n) is 6.90. The molecule has 0 spiro atoms. The summed E-state index contributed by atoms with van der Waals surface area (Å²) >= 11 is 0. The van der Waals surface area contributed by atoms with Crippen LogP contribution in [0.3, 0.4) is 0 Å².